The summed E-state index contributed by atoms with van der Waals surface area (Å²) >= 11 is 5.33. The van der Waals surface area contributed by atoms with Crippen molar-refractivity contribution in [1.29, 1.82) is 0 Å². The van der Waals surface area contributed by atoms with Gasteiger partial charge in [-0.2, -0.15) is 0 Å². The van der Waals surface area contributed by atoms with Crippen LogP contribution in [0.1, 0.15) is 1.43 Å². The largest absolute Gasteiger partial charge is 1.00 e. The van der Waals surface area contributed by atoms with Gasteiger partial charge in [0, 0.05) is 0 Å². The highest BCUT2D eigenvalue weighted by Crippen LogP contribution is 2.11. The Bertz CT molecular complexity index is 169. The molecule has 0 atom stereocenters. The van der Waals surface area contributed by atoms with Crippen molar-refractivity contribution in [2.24, 2.45) is 0 Å². The Hall–Kier alpha value is -0.560. The van der Waals surface area contributed by atoms with Gasteiger partial charge in [0.25, 0.3) is 0 Å². The van der Waals surface area contributed by atoms with Crippen LogP contribution < -0.4 is 0 Å². The highest BCUT2D eigenvalue weighted by atomic mass is 35.5. The van der Waals surface area contributed by atoms with Crippen molar-refractivity contribution in [1.82, 2.24) is 0 Å². The third-order valence-electron chi connectivity index (χ3n) is 0.824. The van der Waals surface area contributed by atoms with Gasteiger partial charge in [-0.3, -0.25) is 0 Å². The van der Waals surface area contributed by atoms with Gasteiger partial charge in [0.15, 0.2) is 0 Å². The van der Waals surface area contributed by atoms with Crippen LogP contribution >= 0.6 is 11.6 Å². The first-order chi connectivity index (χ1) is 3.80. The summed E-state index contributed by atoms with van der Waals surface area (Å²) in [5.74, 6) is -0.367. The van der Waals surface area contributed by atoms with Gasteiger partial charge in [-0.15, -0.1) is 0 Å². The first-order valence-corrected chi connectivity index (χ1v) is 2.58. The third kappa shape index (κ3) is 0.984. The topological polar surface area (TPSA) is 0 Å². The van der Waals surface area contributed by atoms with Gasteiger partial charge in [-0.1, -0.05) is 23.7 Å². The number of rotatable bonds is 0. The van der Waals surface area contributed by atoms with Crippen molar-refractivity contribution in [3.8, 4) is 0 Å². The molecular weight excluding hydrogens is 127 g/mol. The molecule has 0 bridgehead atoms. The van der Waals surface area contributed by atoms with Crippen molar-refractivity contribution in [2.45, 2.75) is 0 Å². The molecule has 0 radical (unpaired) electrons. The van der Waals surface area contributed by atoms with E-state index in [0.29, 0.717) is 0 Å². The van der Waals surface area contributed by atoms with Crippen LogP contribution in [0.4, 0.5) is 4.39 Å². The van der Waals surface area contributed by atoms with Crippen LogP contribution in [0.15, 0.2) is 24.3 Å². The fourth-order valence-corrected chi connectivity index (χ4v) is 0.575. The molecule has 0 N–H and O–H groups in total. The zero-order valence-electron chi connectivity index (χ0n) is 5.07. The van der Waals surface area contributed by atoms with E-state index in [1.165, 1.54) is 12.1 Å². The molecule has 0 aliphatic carbocycles. The molecule has 42 valence electrons. The second-order valence-corrected chi connectivity index (χ2v) is 1.82. The Morgan fingerprint density at radius 1 is 1.38 bits per heavy atom. The normalized spacial score (nSPS) is 9.25. The first-order valence-electron chi connectivity index (χ1n) is 2.21. The SMILES string of the molecule is Fc1ccccc1Cl.[H+]. The molecule has 0 nitrogen and oxygen atoms in total. The van der Waals surface area contributed by atoms with Gasteiger partial charge in [0.1, 0.15) is 5.82 Å². The van der Waals surface area contributed by atoms with Gasteiger partial charge >= 0.3 is 1.43 Å². The summed E-state index contributed by atoms with van der Waals surface area (Å²) in [7, 11) is 0. The number of hydrogen-bond acceptors (Lipinski definition) is 0. The maximum absolute atomic E-state index is 12.2. The summed E-state index contributed by atoms with van der Waals surface area (Å²) in [6.07, 6.45) is 0. The molecule has 0 aliphatic rings. The summed E-state index contributed by atoms with van der Waals surface area (Å²) in [5.41, 5.74) is 0. The molecule has 1 aromatic carbocycles. The first kappa shape index (κ1) is 5.57. The zero-order valence-corrected chi connectivity index (χ0v) is 4.82. The predicted molar refractivity (Wildman–Crippen MR) is 32.5 cm³/mol. The van der Waals surface area contributed by atoms with Crippen molar-refractivity contribution in [3.05, 3.63) is 35.1 Å². The van der Waals surface area contributed by atoms with Crippen LogP contribution in [0.5, 0.6) is 0 Å². The lowest BCUT2D eigenvalue weighted by Crippen LogP contribution is -1.70. The number of hydrogen-bond donors (Lipinski definition) is 0. The standard InChI is InChI=1S/C6H4ClF/c7-5-3-1-2-4-6(5)8/h1-4H/p+1. The molecule has 0 aromatic heterocycles. The van der Waals surface area contributed by atoms with E-state index in [1.807, 2.05) is 0 Å². The van der Waals surface area contributed by atoms with Crippen molar-refractivity contribution >= 4 is 11.6 Å². The lowest BCUT2D eigenvalue weighted by atomic mass is 10.4. The van der Waals surface area contributed by atoms with E-state index in [4.69, 9.17) is 11.6 Å². The number of halogens is 2. The second kappa shape index (κ2) is 2.14. The van der Waals surface area contributed by atoms with Gasteiger partial charge in [0.2, 0.25) is 0 Å². The van der Waals surface area contributed by atoms with Crippen LogP contribution in [0, 0.1) is 5.82 Å². The molecule has 0 amide bonds. The van der Waals surface area contributed by atoms with Gasteiger partial charge < -0.3 is 0 Å². The summed E-state index contributed by atoms with van der Waals surface area (Å²) < 4.78 is 12.2. The quantitative estimate of drug-likeness (QED) is 0.508. The van der Waals surface area contributed by atoms with Crippen LogP contribution in [-0.2, 0) is 0 Å². The predicted octanol–water partition coefficient (Wildman–Crippen LogP) is 2.59. The maximum Gasteiger partial charge on any atom is 1.00 e. The Balaban J connectivity index is 0.000000640. The van der Waals surface area contributed by atoms with Crippen LogP contribution in [0.25, 0.3) is 0 Å². The fourth-order valence-electron chi connectivity index (χ4n) is 0.439. The Morgan fingerprint density at radius 2 is 2.00 bits per heavy atom. The molecule has 1 aromatic rings. The lowest BCUT2D eigenvalue weighted by Gasteiger charge is -1.86. The average Bonchev–Trinajstić information content (AvgIpc) is 1.77. The summed E-state index contributed by atoms with van der Waals surface area (Å²) in [6.45, 7) is 0. The lowest BCUT2D eigenvalue weighted by molar-refractivity contribution is 0.628. The molecule has 8 heavy (non-hydrogen) atoms. The molecule has 0 fully saturated rings. The Kier molecular flexibility index (Phi) is 1.49. The minimum Gasteiger partial charge on any atom is -0.205 e. The number of benzene rings is 1. The molecule has 0 unspecified atom stereocenters. The Morgan fingerprint density at radius 3 is 2.38 bits per heavy atom. The van der Waals surface area contributed by atoms with Crippen LogP contribution in [0.2, 0.25) is 5.02 Å². The molecule has 0 heterocycles. The molecular formula is C6H5ClF+. The molecule has 0 spiro atoms. The molecule has 2 heteroatoms. The molecule has 0 saturated carbocycles. The van der Waals surface area contributed by atoms with E-state index in [9.17, 15) is 4.39 Å². The second-order valence-electron chi connectivity index (χ2n) is 1.41. The summed E-state index contributed by atoms with van der Waals surface area (Å²) in [5, 5.41) is 0.174. The monoisotopic (exact) mass is 131 g/mol. The summed E-state index contributed by atoms with van der Waals surface area (Å²) in [4.78, 5) is 0. The molecule has 0 saturated heterocycles. The molecule has 0 aliphatic heterocycles. The van der Waals surface area contributed by atoms with E-state index < -0.39 is 0 Å². The minimum absolute atomic E-state index is 0. The van der Waals surface area contributed by atoms with Crippen molar-refractivity contribution < 1.29 is 5.82 Å². The average molecular weight is 132 g/mol. The third-order valence-corrected chi connectivity index (χ3v) is 1.13. The van der Waals surface area contributed by atoms with Crippen LogP contribution in [-0.4, -0.2) is 0 Å². The maximum atomic E-state index is 12.2. The van der Waals surface area contributed by atoms with E-state index in [-0.39, 0.29) is 12.3 Å². The Labute approximate surface area is 53.4 Å². The zero-order chi connectivity index (χ0) is 5.98. The van der Waals surface area contributed by atoms with E-state index in [1.54, 1.807) is 12.1 Å². The smallest absolute Gasteiger partial charge is 0.205 e. The van der Waals surface area contributed by atoms with Crippen LogP contribution in [0.3, 0.4) is 0 Å². The van der Waals surface area contributed by atoms with Crippen molar-refractivity contribution in [2.75, 3.05) is 0 Å². The van der Waals surface area contributed by atoms with Gasteiger partial charge in [-0.25, -0.2) is 4.39 Å². The van der Waals surface area contributed by atoms with E-state index in [2.05, 4.69) is 0 Å². The van der Waals surface area contributed by atoms with E-state index in [0.717, 1.165) is 0 Å². The van der Waals surface area contributed by atoms with Crippen molar-refractivity contribution in [3.63, 3.8) is 0 Å². The minimum atomic E-state index is -0.367. The highest BCUT2D eigenvalue weighted by Gasteiger charge is 1.91. The molecule has 1 rings (SSSR count). The summed E-state index contributed by atoms with van der Waals surface area (Å²) in [6, 6.07) is 6.12. The van der Waals surface area contributed by atoms with E-state index >= 15 is 0 Å². The van der Waals surface area contributed by atoms with Gasteiger partial charge in [-0.05, 0) is 12.1 Å². The highest BCUT2D eigenvalue weighted by molar-refractivity contribution is 6.30. The fraction of sp³-hybridized carbons (Fsp3) is 0. The van der Waals surface area contributed by atoms with Gasteiger partial charge in [0.05, 0.1) is 5.02 Å².